The minimum Gasteiger partial charge on any atom is -0.353 e. The summed E-state index contributed by atoms with van der Waals surface area (Å²) in [5.74, 6) is -0.0867. The Morgan fingerprint density at radius 2 is 1.90 bits per heavy atom. The van der Waals surface area contributed by atoms with Crippen molar-refractivity contribution >= 4 is 21.6 Å². The Kier molecular flexibility index (Phi) is 4.88. The highest BCUT2D eigenvalue weighted by Crippen LogP contribution is 2.20. The second kappa shape index (κ2) is 6.47. The lowest BCUT2D eigenvalue weighted by molar-refractivity contribution is -0.121. The van der Waals surface area contributed by atoms with Crippen molar-refractivity contribution < 1.29 is 13.2 Å². The van der Waals surface area contributed by atoms with Crippen LogP contribution in [-0.2, 0) is 21.2 Å². The molecule has 0 heterocycles. The number of carbonyl (C=O) groups is 1. The van der Waals surface area contributed by atoms with E-state index in [1.807, 2.05) is 19.1 Å². The number of hydrogen-bond acceptors (Lipinski definition) is 3. The van der Waals surface area contributed by atoms with Gasteiger partial charge in [0.15, 0.2) is 0 Å². The first-order valence-electron chi connectivity index (χ1n) is 7.26. The van der Waals surface area contributed by atoms with Gasteiger partial charge < -0.3 is 5.32 Å². The summed E-state index contributed by atoms with van der Waals surface area (Å²) < 4.78 is 25.1. The third-order valence-corrected chi connectivity index (χ3v) is 4.71. The van der Waals surface area contributed by atoms with Gasteiger partial charge in [0.1, 0.15) is 0 Å². The number of anilines is 1. The molecule has 1 saturated carbocycles. The van der Waals surface area contributed by atoms with Gasteiger partial charge in [0.2, 0.25) is 15.9 Å². The second-order valence-electron chi connectivity index (χ2n) is 5.45. The van der Waals surface area contributed by atoms with Gasteiger partial charge in [-0.05, 0) is 37.0 Å². The zero-order valence-electron chi connectivity index (χ0n) is 12.5. The number of aryl methyl sites for hydroxylation is 1. The molecule has 1 aromatic rings. The maximum atomic E-state index is 11.9. The van der Waals surface area contributed by atoms with E-state index >= 15 is 0 Å². The third kappa shape index (κ3) is 4.74. The van der Waals surface area contributed by atoms with Gasteiger partial charge in [-0.3, -0.25) is 9.10 Å². The molecule has 5 nitrogen and oxygen atoms in total. The SMILES string of the molecule is CCc1ccc(N(CCC(=O)NC2CC2)S(C)(=O)=O)cc1. The van der Waals surface area contributed by atoms with Gasteiger partial charge >= 0.3 is 0 Å². The number of nitrogens with zero attached hydrogens (tertiary/aromatic N) is 1. The van der Waals surface area contributed by atoms with Crippen LogP contribution in [-0.4, -0.2) is 33.2 Å². The lowest BCUT2D eigenvalue weighted by Crippen LogP contribution is -2.35. The molecule has 21 heavy (non-hydrogen) atoms. The van der Waals surface area contributed by atoms with Gasteiger partial charge in [0, 0.05) is 19.0 Å². The van der Waals surface area contributed by atoms with Crippen LogP contribution in [0.25, 0.3) is 0 Å². The van der Waals surface area contributed by atoms with Gasteiger partial charge in [-0.1, -0.05) is 19.1 Å². The highest BCUT2D eigenvalue weighted by atomic mass is 32.2. The molecule has 6 heteroatoms. The van der Waals surface area contributed by atoms with E-state index in [-0.39, 0.29) is 18.9 Å². The number of nitrogens with one attached hydrogen (secondary N) is 1. The first-order chi connectivity index (χ1) is 9.90. The zero-order valence-corrected chi connectivity index (χ0v) is 13.3. The maximum Gasteiger partial charge on any atom is 0.232 e. The molecule has 0 aliphatic heterocycles. The molecule has 0 aromatic heterocycles. The topological polar surface area (TPSA) is 66.5 Å². The molecule has 1 amide bonds. The first kappa shape index (κ1) is 15.8. The first-order valence-corrected chi connectivity index (χ1v) is 9.11. The Labute approximate surface area is 126 Å². The Bertz CT molecular complexity index is 592. The Morgan fingerprint density at radius 1 is 1.29 bits per heavy atom. The number of benzene rings is 1. The quantitative estimate of drug-likeness (QED) is 0.833. The van der Waals surface area contributed by atoms with Crippen LogP contribution in [0.15, 0.2) is 24.3 Å². The smallest absolute Gasteiger partial charge is 0.232 e. The van der Waals surface area contributed by atoms with Crippen LogP contribution < -0.4 is 9.62 Å². The molecule has 0 unspecified atom stereocenters. The molecule has 1 aromatic carbocycles. The number of hydrogen-bond donors (Lipinski definition) is 1. The lowest BCUT2D eigenvalue weighted by atomic mass is 10.1. The van der Waals surface area contributed by atoms with Crippen LogP contribution in [0.2, 0.25) is 0 Å². The predicted molar refractivity (Wildman–Crippen MR) is 83.8 cm³/mol. The minimum absolute atomic E-state index is 0.0867. The van der Waals surface area contributed by atoms with Gasteiger partial charge in [0.05, 0.1) is 11.9 Å². The molecule has 0 radical (unpaired) electrons. The largest absolute Gasteiger partial charge is 0.353 e. The number of amides is 1. The molecule has 2 rings (SSSR count). The van der Waals surface area contributed by atoms with Crippen molar-refractivity contribution in [3.63, 3.8) is 0 Å². The molecule has 116 valence electrons. The summed E-state index contributed by atoms with van der Waals surface area (Å²) in [6, 6.07) is 7.71. The molecular formula is C15H22N2O3S. The molecular weight excluding hydrogens is 288 g/mol. The van der Waals surface area contributed by atoms with Gasteiger partial charge in [-0.15, -0.1) is 0 Å². The third-order valence-electron chi connectivity index (χ3n) is 3.52. The summed E-state index contributed by atoms with van der Waals surface area (Å²) in [6.45, 7) is 2.22. The fourth-order valence-electron chi connectivity index (χ4n) is 2.11. The standard InChI is InChI=1S/C15H22N2O3S/c1-3-12-4-8-14(9-5-12)17(21(2,19)20)11-10-15(18)16-13-6-7-13/h4-5,8-9,13H,3,6-7,10-11H2,1-2H3,(H,16,18). The van der Waals surface area contributed by atoms with Crippen molar-refractivity contribution in [1.29, 1.82) is 0 Å². The van der Waals surface area contributed by atoms with Crippen molar-refractivity contribution in [2.75, 3.05) is 17.1 Å². The molecule has 1 aliphatic carbocycles. The average molecular weight is 310 g/mol. The number of rotatable bonds is 7. The summed E-state index contributed by atoms with van der Waals surface area (Å²) >= 11 is 0. The molecule has 0 spiro atoms. The van der Waals surface area contributed by atoms with E-state index in [0.717, 1.165) is 24.8 Å². The van der Waals surface area contributed by atoms with Crippen LogP contribution in [0.3, 0.4) is 0 Å². The molecule has 1 aliphatic rings. The van der Waals surface area contributed by atoms with E-state index < -0.39 is 10.0 Å². The molecule has 0 bridgehead atoms. The maximum absolute atomic E-state index is 11.9. The van der Waals surface area contributed by atoms with Crippen LogP contribution in [0.4, 0.5) is 5.69 Å². The summed E-state index contributed by atoms with van der Waals surface area (Å²) in [5, 5.41) is 2.87. The van der Waals surface area contributed by atoms with Crippen LogP contribution in [0.5, 0.6) is 0 Å². The van der Waals surface area contributed by atoms with Crippen molar-refractivity contribution in [2.45, 2.75) is 38.6 Å². The minimum atomic E-state index is -3.39. The van der Waals surface area contributed by atoms with E-state index in [1.54, 1.807) is 12.1 Å². The van der Waals surface area contributed by atoms with E-state index in [4.69, 9.17) is 0 Å². The Balaban J connectivity index is 2.04. The summed E-state index contributed by atoms with van der Waals surface area (Å²) in [5.41, 5.74) is 1.76. The van der Waals surface area contributed by atoms with Crippen molar-refractivity contribution in [2.24, 2.45) is 0 Å². The summed E-state index contributed by atoms with van der Waals surface area (Å²) in [4.78, 5) is 11.7. The lowest BCUT2D eigenvalue weighted by Gasteiger charge is -2.22. The highest BCUT2D eigenvalue weighted by Gasteiger charge is 2.24. The van der Waals surface area contributed by atoms with E-state index in [2.05, 4.69) is 5.32 Å². The highest BCUT2D eigenvalue weighted by molar-refractivity contribution is 7.92. The van der Waals surface area contributed by atoms with Crippen LogP contribution in [0.1, 0.15) is 31.7 Å². The average Bonchev–Trinajstić information content (AvgIpc) is 3.22. The Morgan fingerprint density at radius 3 is 2.38 bits per heavy atom. The Hall–Kier alpha value is -1.56. The predicted octanol–water partition coefficient (Wildman–Crippen LogP) is 1.68. The van der Waals surface area contributed by atoms with Crippen molar-refractivity contribution in [3.8, 4) is 0 Å². The van der Waals surface area contributed by atoms with Gasteiger partial charge in [-0.2, -0.15) is 0 Å². The van der Waals surface area contributed by atoms with Gasteiger partial charge in [0.25, 0.3) is 0 Å². The van der Waals surface area contributed by atoms with Crippen molar-refractivity contribution in [1.82, 2.24) is 5.32 Å². The fraction of sp³-hybridized carbons (Fsp3) is 0.533. The number of carbonyl (C=O) groups excluding carboxylic acids is 1. The van der Waals surface area contributed by atoms with Crippen LogP contribution in [0, 0.1) is 0 Å². The fourth-order valence-corrected chi connectivity index (χ4v) is 3.04. The second-order valence-corrected chi connectivity index (χ2v) is 7.35. The molecule has 0 saturated heterocycles. The monoisotopic (exact) mass is 310 g/mol. The zero-order chi connectivity index (χ0) is 15.5. The van der Waals surface area contributed by atoms with Gasteiger partial charge in [-0.25, -0.2) is 8.42 Å². The van der Waals surface area contributed by atoms with E-state index in [1.165, 1.54) is 10.6 Å². The molecule has 1 N–H and O–H groups in total. The summed E-state index contributed by atoms with van der Waals surface area (Å²) in [6.07, 6.45) is 4.31. The van der Waals surface area contributed by atoms with Crippen LogP contribution >= 0.6 is 0 Å². The molecule has 0 atom stereocenters. The normalized spacial score (nSPS) is 14.8. The van der Waals surface area contributed by atoms with E-state index in [0.29, 0.717) is 11.7 Å². The summed E-state index contributed by atoms with van der Waals surface area (Å²) in [7, 11) is -3.39. The van der Waals surface area contributed by atoms with E-state index in [9.17, 15) is 13.2 Å². The van der Waals surface area contributed by atoms with Crippen molar-refractivity contribution in [3.05, 3.63) is 29.8 Å². The number of sulfonamides is 1. The molecule has 1 fully saturated rings.